The summed E-state index contributed by atoms with van der Waals surface area (Å²) in [4.78, 5) is 17.5. The van der Waals surface area contributed by atoms with E-state index in [4.69, 9.17) is 24.4 Å². The van der Waals surface area contributed by atoms with Gasteiger partial charge in [0.1, 0.15) is 24.7 Å². The van der Waals surface area contributed by atoms with Gasteiger partial charge < -0.3 is 28.9 Å². The van der Waals surface area contributed by atoms with Crippen molar-refractivity contribution in [3.8, 4) is 11.5 Å². The van der Waals surface area contributed by atoms with Gasteiger partial charge in [0, 0.05) is 0 Å². The number of sulfone groups is 1. The summed E-state index contributed by atoms with van der Waals surface area (Å²) in [5.41, 5.74) is 0. The molecule has 0 heterocycles. The first-order chi connectivity index (χ1) is 14.1. The van der Waals surface area contributed by atoms with Crippen LogP contribution in [0.3, 0.4) is 0 Å². The number of benzene rings is 2. The number of hydrogen-bond acceptors (Lipinski definition) is 8. The third-order valence-electron chi connectivity index (χ3n) is 3.44. The zero-order valence-corrected chi connectivity index (χ0v) is 22.9. The third kappa shape index (κ3) is 6.84. The van der Waals surface area contributed by atoms with Crippen molar-refractivity contribution in [2.45, 2.75) is 9.79 Å². The monoisotopic (exact) mass is 714 g/mol. The van der Waals surface area contributed by atoms with Crippen LogP contribution >= 0.6 is 72.3 Å². The van der Waals surface area contributed by atoms with Gasteiger partial charge in [-0.3, -0.25) is 0 Å². The van der Waals surface area contributed by atoms with Crippen LogP contribution in [0.2, 0.25) is 0 Å². The standard InChI is InChI=1S/C16H15Br4O8PS/c17-11-5-9(6-12(18)15(11)26-2-1-21)30(24,25)10-7-13(19)16(14(20)8-10)27-3-4-28-29(22)23/h5-8,21-23H,1-4H2. The van der Waals surface area contributed by atoms with Gasteiger partial charge in [0.15, 0.2) is 0 Å². The summed E-state index contributed by atoms with van der Waals surface area (Å²) in [5, 5.41) is 8.91. The minimum atomic E-state index is -3.89. The molecule has 0 atom stereocenters. The largest absolute Gasteiger partial charge is 0.489 e. The molecule has 0 fully saturated rings. The van der Waals surface area contributed by atoms with Crippen molar-refractivity contribution in [2.75, 3.05) is 26.4 Å². The lowest BCUT2D eigenvalue weighted by atomic mass is 10.3. The second kappa shape index (κ2) is 11.9. The molecule has 2 aromatic rings. The Morgan fingerprint density at radius 3 is 1.53 bits per heavy atom. The number of rotatable bonds is 10. The summed E-state index contributed by atoms with van der Waals surface area (Å²) in [6.07, 6.45) is 0. The fourth-order valence-electron chi connectivity index (χ4n) is 2.21. The Labute approximate surface area is 208 Å². The first kappa shape index (κ1) is 26.4. The van der Waals surface area contributed by atoms with Gasteiger partial charge in [-0.2, -0.15) is 0 Å². The molecule has 0 radical (unpaired) electrons. The number of ether oxygens (including phenoxy) is 2. The highest BCUT2D eigenvalue weighted by atomic mass is 79.9. The maximum atomic E-state index is 13.1. The van der Waals surface area contributed by atoms with E-state index in [-0.39, 0.29) is 36.2 Å². The molecular weight excluding hydrogens is 703 g/mol. The zero-order chi connectivity index (χ0) is 22.5. The van der Waals surface area contributed by atoms with E-state index in [1.54, 1.807) is 0 Å². The Balaban J connectivity index is 2.32. The first-order valence-electron chi connectivity index (χ1n) is 7.98. The lowest BCUT2D eigenvalue weighted by molar-refractivity contribution is 0.192. The zero-order valence-electron chi connectivity index (χ0n) is 14.9. The topological polar surface area (TPSA) is 123 Å². The quantitative estimate of drug-likeness (QED) is 0.242. The highest BCUT2D eigenvalue weighted by Gasteiger charge is 2.24. The second-order valence-corrected chi connectivity index (χ2v) is 11.6. The van der Waals surface area contributed by atoms with Crippen LogP contribution in [0, 0.1) is 0 Å². The molecule has 0 bridgehead atoms. The summed E-state index contributed by atoms with van der Waals surface area (Å²) in [5.74, 6) is 0.721. The van der Waals surface area contributed by atoms with Gasteiger partial charge in [0.25, 0.3) is 0 Å². The van der Waals surface area contributed by atoms with Crippen LogP contribution < -0.4 is 9.47 Å². The van der Waals surface area contributed by atoms with Crippen molar-refractivity contribution in [1.82, 2.24) is 0 Å². The lowest BCUT2D eigenvalue weighted by Gasteiger charge is -2.14. The maximum absolute atomic E-state index is 13.1. The molecule has 0 aliphatic heterocycles. The lowest BCUT2D eigenvalue weighted by Crippen LogP contribution is -2.07. The molecule has 0 aliphatic carbocycles. The summed E-state index contributed by atoms with van der Waals surface area (Å²) in [6.45, 7) is -0.139. The van der Waals surface area contributed by atoms with Crippen LogP contribution in [0.4, 0.5) is 0 Å². The van der Waals surface area contributed by atoms with Gasteiger partial charge in [-0.1, -0.05) is 0 Å². The van der Waals surface area contributed by atoms with Gasteiger partial charge >= 0.3 is 8.60 Å². The van der Waals surface area contributed by atoms with Gasteiger partial charge in [0.05, 0.1) is 40.9 Å². The van der Waals surface area contributed by atoms with Crippen LogP contribution in [0.5, 0.6) is 11.5 Å². The molecule has 0 aliphatic rings. The Hall–Kier alpha value is 0.180. The average molecular weight is 718 g/mol. The van der Waals surface area contributed by atoms with E-state index in [9.17, 15) is 8.42 Å². The molecule has 166 valence electrons. The van der Waals surface area contributed by atoms with Gasteiger partial charge in [-0.05, 0) is 88.0 Å². The minimum Gasteiger partial charge on any atom is -0.489 e. The van der Waals surface area contributed by atoms with Crippen molar-refractivity contribution < 1.29 is 37.3 Å². The molecule has 0 saturated heterocycles. The molecule has 0 amide bonds. The van der Waals surface area contributed by atoms with E-state index in [2.05, 4.69) is 68.2 Å². The van der Waals surface area contributed by atoms with Crippen LogP contribution in [0.15, 0.2) is 51.9 Å². The van der Waals surface area contributed by atoms with E-state index in [1.807, 2.05) is 0 Å². The molecule has 3 N–H and O–H groups in total. The van der Waals surface area contributed by atoms with Gasteiger partial charge in [-0.15, -0.1) is 0 Å². The van der Waals surface area contributed by atoms with Crippen molar-refractivity contribution >= 4 is 82.2 Å². The Morgan fingerprint density at radius 2 is 1.17 bits per heavy atom. The van der Waals surface area contributed by atoms with Crippen molar-refractivity contribution in [3.05, 3.63) is 42.2 Å². The summed E-state index contributed by atoms with van der Waals surface area (Å²) in [7, 11) is -6.35. The van der Waals surface area contributed by atoms with E-state index < -0.39 is 18.4 Å². The van der Waals surface area contributed by atoms with Crippen LogP contribution in [0.25, 0.3) is 0 Å². The predicted octanol–water partition coefficient (Wildman–Crippen LogP) is 4.55. The third-order valence-corrected chi connectivity index (χ3v) is 7.92. The van der Waals surface area contributed by atoms with Crippen molar-refractivity contribution in [3.63, 3.8) is 0 Å². The predicted molar refractivity (Wildman–Crippen MR) is 125 cm³/mol. The Bertz CT molecular complexity index is 957. The Kier molecular flexibility index (Phi) is 10.5. The summed E-state index contributed by atoms with van der Waals surface area (Å²) in [6, 6.07) is 5.63. The average Bonchev–Trinajstić information content (AvgIpc) is 2.65. The molecule has 0 saturated carbocycles. The Morgan fingerprint density at radius 1 is 0.767 bits per heavy atom. The number of halogens is 4. The van der Waals surface area contributed by atoms with E-state index in [0.29, 0.717) is 29.4 Å². The summed E-state index contributed by atoms with van der Waals surface area (Å²) >= 11 is 13.2. The van der Waals surface area contributed by atoms with E-state index >= 15 is 0 Å². The first-order valence-corrected chi connectivity index (χ1v) is 13.8. The number of aliphatic hydroxyl groups is 1. The maximum Gasteiger partial charge on any atom is 0.327 e. The van der Waals surface area contributed by atoms with Crippen LogP contribution in [-0.2, 0) is 14.4 Å². The molecule has 0 unspecified atom stereocenters. The van der Waals surface area contributed by atoms with E-state index in [0.717, 1.165) is 0 Å². The molecule has 14 heteroatoms. The minimum absolute atomic E-state index is 0.0157. The van der Waals surface area contributed by atoms with Crippen molar-refractivity contribution in [2.24, 2.45) is 0 Å². The van der Waals surface area contributed by atoms with Crippen LogP contribution in [0.1, 0.15) is 0 Å². The number of aliphatic hydroxyl groups excluding tert-OH is 1. The molecule has 2 aromatic carbocycles. The molecule has 0 spiro atoms. The van der Waals surface area contributed by atoms with E-state index in [1.165, 1.54) is 24.3 Å². The fraction of sp³-hybridized carbons (Fsp3) is 0.250. The number of hydrogen-bond donors (Lipinski definition) is 3. The smallest absolute Gasteiger partial charge is 0.327 e. The molecule has 8 nitrogen and oxygen atoms in total. The SMILES string of the molecule is O=S(=O)(c1cc(Br)c(OCCO)c(Br)c1)c1cc(Br)c(OCCOP(O)O)c(Br)c1. The normalized spacial score (nSPS) is 11.7. The molecule has 30 heavy (non-hydrogen) atoms. The highest BCUT2D eigenvalue weighted by Crippen LogP contribution is 2.40. The van der Waals surface area contributed by atoms with Crippen molar-refractivity contribution in [1.29, 1.82) is 0 Å². The second-order valence-electron chi connectivity index (χ2n) is 5.44. The van der Waals surface area contributed by atoms with Gasteiger partial charge in [-0.25, -0.2) is 8.42 Å². The summed E-state index contributed by atoms with van der Waals surface area (Å²) < 4.78 is 43.4. The highest BCUT2D eigenvalue weighted by molar-refractivity contribution is 9.11. The van der Waals surface area contributed by atoms with Gasteiger partial charge in [0.2, 0.25) is 9.84 Å². The molecular formula is C16H15Br4O8PS. The van der Waals surface area contributed by atoms with Crippen LogP contribution in [-0.4, -0.2) is 49.7 Å². The molecule has 0 aromatic heterocycles. The fourth-order valence-corrected chi connectivity index (χ4v) is 7.24. The molecule has 2 rings (SSSR count).